The number of anilines is 1. The molecule has 32 heavy (non-hydrogen) atoms. The number of hydrogen-bond acceptors (Lipinski definition) is 7. The number of imide groups is 1. The number of benzene rings is 2. The van der Waals surface area contributed by atoms with Crippen LogP contribution in [0.15, 0.2) is 52.7 Å². The van der Waals surface area contributed by atoms with E-state index in [2.05, 4.69) is 10.2 Å². The molecule has 0 aromatic heterocycles. The van der Waals surface area contributed by atoms with Gasteiger partial charge in [0.15, 0.2) is 16.7 Å². The van der Waals surface area contributed by atoms with E-state index in [-0.39, 0.29) is 30.2 Å². The minimum atomic E-state index is -0.633. The number of aryl methyl sites for hydroxylation is 1. The maximum atomic E-state index is 12.7. The number of hydrogen-bond donors (Lipinski definition) is 1. The molecule has 166 valence electrons. The minimum absolute atomic E-state index is 0.0508. The van der Waals surface area contributed by atoms with Crippen LogP contribution in [-0.2, 0) is 16.0 Å². The molecule has 0 spiro atoms. The van der Waals surface area contributed by atoms with Gasteiger partial charge in [0.1, 0.15) is 5.25 Å². The summed E-state index contributed by atoms with van der Waals surface area (Å²) >= 11 is 6.92. The molecule has 10 heteroatoms. The fraction of sp³-hybridized carbons (Fsp3) is 0.273. The van der Waals surface area contributed by atoms with E-state index < -0.39 is 5.25 Å². The smallest absolute Gasteiger partial charge is 0.247 e. The number of fused-ring (bicyclic) bond motifs is 1. The second-order valence-corrected chi connectivity index (χ2v) is 8.97. The van der Waals surface area contributed by atoms with Crippen LogP contribution in [-0.4, -0.2) is 34.7 Å². The van der Waals surface area contributed by atoms with Gasteiger partial charge in [-0.1, -0.05) is 29.4 Å². The van der Waals surface area contributed by atoms with Gasteiger partial charge in [-0.05, 0) is 61.7 Å². The summed E-state index contributed by atoms with van der Waals surface area (Å²) in [5, 5.41) is 8.22. The lowest BCUT2D eigenvalue weighted by Crippen LogP contribution is -2.31. The first kappa shape index (κ1) is 22.2. The Hall–Kier alpha value is -3.04. The van der Waals surface area contributed by atoms with Crippen molar-refractivity contribution in [3.8, 4) is 11.5 Å². The van der Waals surface area contributed by atoms with Gasteiger partial charge in [0.05, 0.1) is 5.69 Å². The number of nitrogens with zero attached hydrogens (tertiary/aromatic N) is 3. The van der Waals surface area contributed by atoms with E-state index in [1.165, 1.54) is 0 Å². The summed E-state index contributed by atoms with van der Waals surface area (Å²) in [6, 6.07) is 12.4. The van der Waals surface area contributed by atoms with Gasteiger partial charge in [-0.15, -0.1) is 5.10 Å². The number of halogens is 1. The van der Waals surface area contributed by atoms with Crippen molar-refractivity contribution < 1.29 is 19.1 Å². The van der Waals surface area contributed by atoms with Crippen LogP contribution in [0.5, 0.6) is 11.5 Å². The molecule has 0 unspecified atom stereocenters. The van der Waals surface area contributed by atoms with Crippen molar-refractivity contribution in [1.82, 2.24) is 0 Å². The summed E-state index contributed by atoms with van der Waals surface area (Å²) in [6.07, 6.45) is 1.50. The number of ether oxygens (including phenoxy) is 2. The molecule has 2 aliphatic rings. The van der Waals surface area contributed by atoms with Gasteiger partial charge in [-0.2, -0.15) is 5.10 Å². The number of carbonyl (C=O) groups is 2. The third-order valence-electron chi connectivity index (χ3n) is 4.98. The number of thioether (sulfide) groups is 1. The molecular weight excluding hydrogens is 452 g/mol. The average Bonchev–Trinajstić information content (AvgIpc) is 3.35. The van der Waals surface area contributed by atoms with Crippen LogP contribution >= 0.6 is 23.4 Å². The lowest BCUT2D eigenvalue weighted by Gasteiger charge is -2.14. The van der Waals surface area contributed by atoms with Crippen LogP contribution < -0.4 is 20.1 Å². The topological polar surface area (TPSA) is 107 Å². The highest BCUT2D eigenvalue weighted by Gasteiger charge is 2.40. The number of nitrogens with two attached hydrogens (primary N) is 1. The zero-order chi connectivity index (χ0) is 22.7. The summed E-state index contributed by atoms with van der Waals surface area (Å²) in [5.41, 5.74) is 8.34. The number of amides is 2. The average molecular weight is 473 g/mol. The summed E-state index contributed by atoms with van der Waals surface area (Å²) in [7, 11) is 0. The molecule has 2 N–H and O–H groups in total. The minimum Gasteiger partial charge on any atom is -0.454 e. The standard InChI is InChI=1S/C22H21ClN4O4S/c1-13(2-3-14-4-9-17-18(10-14)31-12-30-17)25-26-22(24)32-19-11-20(28)27(21(19)29)16-7-5-15(23)6-8-16/h4-10,19H,2-3,11-12H2,1H3,(H2,24,26)/b25-13-/t19-/m0/s1. The molecule has 2 amide bonds. The zero-order valence-electron chi connectivity index (χ0n) is 17.3. The second-order valence-electron chi connectivity index (χ2n) is 7.32. The molecule has 1 atom stereocenters. The third kappa shape index (κ3) is 5.05. The van der Waals surface area contributed by atoms with Crippen molar-refractivity contribution in [2.45, 2.75) is 31.4 Å². The molecule has 8 nitrogen and oxygen atoms in total. The largest absolute Gasteiger partial charge is 0.454 e. The van der Waals surface area contributed by atoms with Gasteiger partial charge in [0.2, 0.25) is 18.6 Å². The highest BCUT2D eigenvalue weighted by Crippen LogP contribution is 2.33. The quantitative estimate of drug-likeness (QED) is 0.297. The Labute approximate surface area is 194 Å². The SMILES string of the molecule is C/C(CCc1ccc2c(c1)OCO2)=N/N=C(/N)S[C@H]1CC(=O)N(c2ccc(Cl)cc2)C1=O. The second kappa shape index (κ2) is 9.62. The molecule has 2 heterocycles. The predicted molar refractivity (Wildman–Crippen MR) is 126 cm³/mol. The zero-order valence-corrected chi connectivity index (χ0v) is 18.9. The van der Waals surface area contributed by atoms with E-state index in [9.17, 15) is 9.59 Å². The van der Waals surface area contributed by atoms with Gasteiger partial charge >= 0.3 is 0 Å². The Bertz CT molecular complexity index is 1100. The van der Waals surface area contributed by atoms with Gasteiger partial charge in [-0.3, -0.25) is 9.59 Å². The maximum Gasteiger partial charge on any atom is 0.247 e. The lowest BCUT2D eigenvalue weighted by molar-refractivity contribution is -0.121. The van der Waals surface area contributed by atoms with Crippen molar-refractivity contribution in [3.05, 3.63) is 53.1 Å². The molecule has 1 fully saturated rings. The first-order valence-electron chi connectivity index (χ1n) is 9.95. The van der Waals surface area contributed by atoms with Crippen LogP contribution in [0.3, 0.4) is 0 Å². The number of amidine groups is 1. The van der Waals surface area contributed by atoms with E-state index in [1.54, 1.807) is 24.3 Å². The van der Waals surface area contributed by atoms with Crippen LogP contribution in [0.25, 0.3) is 0 Å². The molecule has 4 rings (SSSR count). The molecule has 0 bridgehead atoms. The van der Waals surface area contributed by atoms with Gasteiger partial charge in [-0.25, -0.2) is 4.90 Å². The maximum absolute atomic E-state index is 12.7. The predicted octanol–water partition coefficient (Wildman–Crippen LogP) is 3.76. The fourth-order valence-corrected chi connectivity index (χ4v) is 4.27. The third-order valence-corrected chi connectivity index (χ3v) is 6.21. The molecule has 2 aliphatic heterocycles. The Morgan fingerprint density at radius 3 is 2.69 bits per heavy atom. The van der Waals surface area contributed by atoms with Crippen molar-refractivity contribution in [2.75, 3.05) is 11.7 Å². The first-order chi connectivity index (χ1) is 15.4. The van der Waals surface area contributed by atoms with Gasteiger partial charge < -0.3 is 15.2 Å². The summed E-state index contributed by atoms with van der Waals surface area (Å²) in [6.45, 7) is 2.11. The molecule has 0 saturated carbocycles. The van der Waals surface area contributed by atoms with Gasteiger partial charge in [0, 0.05) is 17.2 Å². The van der Waals surface area contributed by atoms with Crippen molar-refractivity contribution in [3.63, 3.8) is 0 Å². The highest BCUT2D eigenvalue weighted by molar-refractivity contribution is 8.14. The molecule has 1 saturated heterocycles. The van der Waals surface area contributed by atoms with Crippen LogP contribution in [0.1, 0.15) is 25.3 Å². The highest BCUT2D eigenvalue weighted by atomic mass is 35.5. The summed E-state index contributed by atoms with van der Waals surface area (Å²) in [4.78, 5) is 26.2. The van der Waals surface area contributed by atoms with Crippen molar-refractivity contribution in [1.29, 1.82) is 0 Å². The Morgan fingerprint density at radius 2 is 1.91 bits per heavy atom. The van der Waals surface area contributed by atoms with E-state index in [1.807, 2.05) is 25.1 Å². The van der Waals surface area contributed by atoms with Crippen LogP contribution in [0, 0.1) is 0 Å². The van der Waals surface area contributed by atoms with Crippen LogP contribution in [0.4, 0.5) is 5.69 Å². The Kier molecular flexibility index (Phi) is 6.66. The summed E-state index contributed by atoms with van der Waals surface area (Å²) in [5.74, 6) is 0.886. The van der Waals surface area contributed by atoms with E-state index in [0.717, 1.165) is 45.9 Å². The fourth-order valence-electron chi connectivity index (χ4n) is 3.33. The number of rotatable bonds is 6. The monoisotopic (exact) mass is 472 g/mol. The Morgan fingerprint density at radius 1 is 1.16 bits per heavy atom. The molecule has 2 aromatic rings. The van der Waals surface area contributed by atoms with E-state index >= 15 is 0 Å². The molecule has 2 aromatic carbocycles. The molecule has 0 aliphatic carbocycles. The number of carbonyl (C=O) groups excluding carboxylic acids is 2. The van der Waals surface area contributed by atoms with E-state index in [4.69, 9.17) is 26.8 Å². The lowest BCUT2D eigenvalue weighted by atomic mass is 10.1. The first-order valence-corrected chi connectivity index (χ1v) is 11.2. The van der Waals surface area contributed by atoms with E-state index in [0.29, 0.717) is 17.1 Å². The Balaban J connectivity index is 1.32. The summed E-state index contributed by atoms with van der Waals surface area (Å²) < 4.78 is 10.7. The molecule has 0 radical (unpaired) electrons. The van der Waals surface area contributed by atoms with Gasteiger partial charge in [0.25, 0.3) is 0 Å². The van der Waals surface area contributed by atoms with Crippen molar-refractivity contribution >= 4 is 51.7 Å². The molecular formula is C22H21ClN4O4S. The van der Waals surface area contributed by atoms with Crippen molar-refractivity contribution in [2.24, 2.45) is 15.9 Å². The van der Waals surface area contributed by atoms with Crippen LogP contribution in [0.2, 0.25) is 5.02 Å². The normalized spacial score (nSPS) is 18.6.